The third-order valence-corrected chi connectivity index (χ3v) is 2.65. The molecule has 5 nitrogen and oxygen atoms in total. The van der Waals surface area contributed by atoms with E-state index in [-0.39, 0.29) is 5.97 Å². The molecule has 1 heterocycles. The van der Waals surface area contributed by atoms with Crippen LogP contribution in [0.1, 0.15) is 49.3 Å². The first-order chi connectivity index (χ1) is 8.11. The second kappa shape index (κ2) is 6.27. The molecule has 5 heteroatoms. The first-order valence-corrected chi connectivity index (χ1v) is 6.11. The summed E-state index contributed by atoms with van der Waals surface area (Å²) in [5.41, 5.74) is 7.30. The van der Waals surface area contributed by atoms with Crippen molar-refractivity contribution < 1.29 is 9.53 Å². The van der Waals surface area contributed by atoms with Crippen molar-refractivity contribution in [3.05, 3.63) is 11.4 Å². The molecule has 0 aliphatic rings. The van der Waals surface area contributed by atoms with E-state index in [4.69, 9.17) is 10.5 Å². The van der Waals surface area contributed by atoms with Crippen LogP contribution in [0.15, 0.2) is 0 Å². The fraction of sp³-hybridized carbons (Fsp3) is 0.667. The van der Waals surface area contributed by atoms with E-state index >= 15 is 0 Å². The van der Waals surface area contributed by atoms with Gasteiger partial charge in [-0.3, -0.25) is 4.68 Å². The van der Waals surface area contributed by atoms with E-state index < -0.39 is 0 Å². The number of ether oxygens (including phenoxy) is 1. The Morgan fingerprint density at radius 2 is 2.12 bits per heavy atom. The molecular formula is C12H21N3O2. The monoisotopic (exact) mass is 239 g/mol. The molecule has 0 unspecified atom stereocenters. The summed E-state index contributed by atoms with van der Waals surface area (Å²) >= 11 is 0. The lowest BCUT2D eigenvalue weighted by atomic mass is 10.2. The summed E-state index contributed by atoms with van der Waals surface area (Å²) in [6, 6.07) is 0. The van der Waals surface area contributed by atoms with Crippen LogP contribution >= 0.6 is 0 Å². The van der Waals surface area contributed by atoms with Gasteiger partial charge in [0.15, 0.2) is 5.69 Å². The molecule has 0 aliphatic carbocycles. The molecule has 0 amide bonds. The van der Waals surface area contributed by atoms with Gasteiger partial charge in [0.25, 0.3) is 0 Å². The highest BCUT2D eigenvalue weighted by Crippen LogP contribution is 2.17. The van der Waals surface area contributed by atoms with Crippen molar-refractivity contribution in [1.29, 1.82) is 0 Å². The number of esters is 1. The van der Waals surface area contributed by atoms with Crippen molar-refractivity contribution in [1.82, 2.24) is 9.78 Å². The highest BCUT2D eigenvalue weighted by Gasteiger charge is 2.20. The molecule has 0 aromatic carbocycles. The van der Waals surface area contributed by atoms with E-state index in [1.165, 1.54) is 0 Å². The van der Waals surface area contributed by atoms with Crippen LogP contribution in [0.2, 0.25) is 0 Å². The van der Waals surface area contributed by atoms with Gasteiger partial charge in [0.05, 0.1) is 18.0 Å². The lowest BCUT2D eigenvalue weighted by Gasteiger charge is -2.06. The van der Waals surface area contributed by atoms with E-state index in [9.17, 15) is 4.79 Å². The standard InChI is InChI=1S/C12H21N3O2/c1-4-6-7-8-17-12(16)11-10(13)9(3)14-15(11)5-2/h4-8,13H2,1-3H3. The van der Waals surface area contributed by atoms with Gasteiger partial charge in [0.2, 0.25) is 0 Å². The maximum atomic E-state index is 11.9. The lowest BCUT2D eigenvalue weighted by molar-refractivity contribution is 0.0485. The number of rotatable bonds is 6. The molecule has 17 heavy (non-hydrogen) atoms. The maximum Gasteiger partial charge on any atom is 0.358 e. The first-order valence-electron chi connectivity index (χ1n) is 6.11. The Kier molecular flexibility index (Phi) is 5.00. The summed E-state index contributed by atoms with van der Waals surface area (Å²) in [5, 5.41) is 4.18. The SMILES string of the molecule is CCCCCOC(=O)c1c(N)c(C)nn1CC. The van der Waals surface area contributed by atoms with Crippen molar-refractivity contribution in [3.63, 3.8) is 0 Å². The number of aromatic nitrogens is 2. The number of nitrogens with two attached hydrogens (primary N) is 1. The van der Waals surface area contributed by atoms with E-state index in [1.807, 2.05) is 6.92 Å². The van der Waals surface area contributed by atoms with Crippen LogP contribution in [-0.4, -0.2) is 22.4 Å². The summed E-state index contributed by atoms with van der Waals surface area (Å²) in [6.07, 6.45) is 3.06. The van der Waals surface area contributed by atoms with E-state index in [0.29, 0.717) is 30.2 Å². The van der Waals surface area contributed by atoms with Crippen molar-refractivity contribution in [3.8, 4) is 0 Å². The van der Waals surface area contributed by atoms with Gasteiger partial charge in [0.1, 0.15) is 0 Å². The van der Waals surface area contributed by atoms with Crippen LogP contribution in [0, 0.1) is 6.92 Å². The van der Waals surface area contributed by atoms with Crippen LogP contribution in [0.5, 0.6) is 0 Å². The Labute approximate surface area is 102 Å². The predicted octanol–water partition coefficient (Wildman–Crippen LogP) is 2.14. The minimum absolute atomic E-state index is 0.374. The Balaban J connectivity index is 2.68. The number of hydrogen-bond acceptors (Lipinski definition) is 4. The summed E-state index contributed by atoms with van der Waals surface area (Å²) in [4.78, 5) is 11.9. The molecule has 1 aromatic rings. The van der Waals surface area contributed by atoms with Gasteiger partial charge < -0.3 is 10.5 Å². The minimum atomic E-state index is -0.374. The highest BCUT2D eigenvalue weighted by atomic mass is 16.5. The largest absolute Gasteiger partial charge is 0.461 e. The number of unbranched alkanes of at least 4 members (excludes halogenated alkanes) is 2. The van der Waals surface area contributed by atoms with Gasteiger partial charge >= 0.3 is 5.97 Å². The summed E-state index contributed by atoms with van der Waals surface area (Å²) in [6.45, 7) is 6.86. The third kappa shape index (κ3) is 3.22. The van der Waals surface area contributed by atoms with Gasteiger partial charge in [-0.05, 0) is 20.3 Å². The molecular weight excluding hydrogens is 218 g/mol. The lowest BCUT2D eigenvalue weighted by Crippen LogP contribution is -2.14. The van der Waals surface area contributed by atoms with Gasteiger partial charge in [-0.15, -0.1) is 0 Å². The Morgan fingerprint density at radius 1 is 1.41 bits per heavy atom. The third-order valence-electron chi connectivity index (χ3n) is 2.65. The van der Waals surface area contributed by atoms with Gasteiger partial charge in [0, 0.05) is 6.54 Å². The second-order valence-electron chi connectivity index (χ2n) is 4.01. The van der Waals surface area contributed by atoms with Crippen molar-refractivity contribution in [2.75, 3.05) is 12.3 Å². The predicted molar refractivity (Wildman–Crippen MR) is 66.9 cm³/mol. The summed E-state index contributed by atoms with van der Waals surface area (Å²) in [7, 11) is 0. The van der Waals surface area contributed by atoms with Gasteiger partial charge in [-0.1, -0.05) is 19.8 Å². The topological polar surface area (TPSA) is 70.1 Å². The van der Waals surface area contributed by atoms with Crippen LogP contribution in [0.25, 0.3) is 0 Å². The maximum absolute atomic E-state index is 11.9. The number of hydrogen-bond donors (Lipinski definition) is 1. The molecule has 0 spiro atoms. The fourth-order valence-corrected chi connectivity index (χ4v) is 1.62. The molecule has 0 aliphatic heterocycles. The smallest absolute Gasteiger partial charge is 0.358 e. The second-order valence-corrected chi connectivity index (χ2v) is 4.01. The molecule has 96 valence electrons. The molecule has 0 saturated heterocycles. The average Bonchev–Trinajstić information content (AvgIpc) is 2.61. The number of nitrogen functional groups attached to an aromatic ring is 1. The van der Waals surface area contributed by atoms with Crippen molar-refractivity contribution >= 4 is 11.7 Å². The highest BCUT2D eigenvalue weighted by molar-refractivity contribution is 5.93. The Morgan fingerprint density at radius 3 is 2.71 bits per heavy atom. The van der Waals surface area contributed by atoms with Gasteiger partial charge in [-0.2, -0.15) is 5.10 Å². The zero-order valence-electron chi connectivity index (χ0n) is 10.8. The quantitative estimate of drug-likeness (QED) is 0.610. The molecule has 0 fully saturated rings. The van der Waals surface area contributed by atoms with Crippen molar-refractivity contribution in [2.24, 2.45) is 0 Å². The summed E-state index contributed by atoms with van der Waals surface area (Å²) in [5.74, 6) is -0.374. The number of aryl methyl sites for hydroxylation is 2. The number of nitrogens with zero attached hydrogens (tertiary/aromatic N) is 2. The average molecular weight is 239 g/mol. The fourth-order valence-electron chi connectivity index (χ4n) is 1.62. The van der Waals surface area contributed by atoms with Crippen LogP contribution < -0.4 is 5.73 Å². The summed E-state index contributed by atoms with van der Waals surface area (Å²) < 4.78 is 6.78. The molecule has 1 rings (SSSR count). The number of carbonyl (C=O) groups excluding carboxylic acids is 1. The molecule has 0 bridgehead atoms. The molecule has 0 saturated carbocycles. The number of anilines is 1. The minimum Gasteiger partial charge on any atom is -0.461 e. The van der Waals surface area contributed by atoms with E-state index in [1.54, 1.807) is 11.6 Å². The Hall–Kier alpha value is -1.52. The van der Waals surface area contributed by atoms with Crippen LogP contribution in [0.3, 0.4) is 0 Å². The Bertz CT molecular complexity index is 385. The molecule has 0 atom stereocenters. The molecule has 0 radical (unpaired) electrons. The van der Waals surface area contributed by atoms with Crippen LogP contribution in [0.4, 0.5) is 5.69 Å². The van der Waals surface area contributed by atoms with Crippen LogP contribution in [-0.2, 0) is 11.3 Å². The van der Waals surface area contributed by atoms with Gasteiger partial charge in [-0.25, -0.2) is 4.79 Å². The van der Waals surface area contributed by atoms with Crippen molar-refractivity contribution in [2.45, 2.75) is 46.6 Å². The normalized spacial score (nSPS) is 10.5. The molecule has 2 N–H and O–H groups in total. The van der Waals surface area contributed by atoms with E-state index in [0.717, 1.165) is 19.3 Å². The molecule has 1 aromatic heterocycles. The zero-order chi connectivity index (χ0) is 12.8. The zero-order valence-corrected chi connectivity index (χ0v) is 10.8. The first kappa shape index (κ1) is 13.5. The van der Waals surface area contributed by atoms with E-state index in [2.05, 4.69) is 12.0 Å². The number of carbonyl (C=O) groups is 1.